The number of hydrogen-bond donors (Lipinski definition) is 0. The highest BCUT2D eigenvalue weighted by atomic mass is 35.5. The molecular weight excluding hydrogens is 242 g/mol. The van der Waals surface area contributed by atoms with Crippen LogP contribution in [0.15, 0.2) is 34.6 Å². The molecule has 0 bridgehead atoms. The van der Waals surface area contributed by atoms with E-state index in [9.17, 15) is 0 Å². The topological polar surface area (TPSA) is 38.7 Å². The summed E-state index contributed by atoms with van der Waals surface area (Å²) in [5, 5.41) is 2.03. The van der Waals surface area contributed by atoms with E-state index in [2.05, 4.69) is 15.0 Å². The first kappa shape index (κ1) is 11.4. The number of nitrogens with zero attached hydrogens (tertiary/aromatic N) is 3. The van der Waals surface area contributed by atoms with Crippen LogP contribution in [0.1, 0.15) is 11.4 Å². The van der Waals surface area contributed by atoms with Crippen molar-refractivity contribution in [2.75, 3.05) is 0 Å². The normalized spacial score (nSPS) is 10.4. The molecule has 0 N–H and O–H groups in total. The Balaban J connectivity index is 2.30. The third kappa shape index (κ3) is 2.71. The maximum atomic E-state index is 6.01. The van der Waals surface area contributed by atoms with Crippen LogP contribution in [-0.2, 0) is 0 Å². The predicted octanol–water partition coefficient (Wildman–Crippen LogP) is 3.29. The first-order valence-corrected chi connectivity index (χ1v) is 5.95. The van der Waals surface area contributed by atoms with Gasteiger partial charge in [0.1, 0.15) is 5.03 Å². The van der Waals surface area contributed by atoms with Crippen molar-refractivity contribution in [2.24, 2.45) is 0 Å². The minimum atomic E-state index is 0.621. The minimum Gasteiger partial charge on any atom is -0.248 e. The molecule has 2 aromatic rings. The molecule has 3 nitrogen and oxygen atoms in total. The van der Waals surface area contributed by atoms with Crippen molar-refractivity contribution in [2.45, 2.75) is 24.0 Å². The van der Waals surface area contributed by atoms with Crippen molar-refractivity contribution in [3.63, 3.8) is 0 Å². The average Bonchev–Trinajstić information content (AvgIpc) is 2.20. The van der Waals surface area contributed by atoms with Crippen LogP contribution in [-0.4, -0.2) is 15.0 Å². The fourth-order valence-electron chi connectivity index (χ4n) is 1.27. The maximum Gasteiger partial charge on any atom is 0.194 e. The lowest BCUT2D eigenvalue weighted by Crippen LogP contribution is -1.93. The van der Waals surface area contributed by atoms with Crippen LogP contribution in [0.5, 0.6) is 0 Å². The van der Waals surface area contributed by atoms with Crippen molar-refractivity contribution < 1.29 is 0 Å². The Hall–Kier alpha value is -1.13. The van der Waals surface area contributed by atoms with E-state index in [1.807, 2.05) is 19.9 Å². The molecular formula is C11H10ClN3S. The van der Waals surface area contributed by atoms with Crippen LogP contribution in [0.4, 0.5) is 0 Å². The largest absolute Gasteiger partial charge is 0.248 e. The Morgan fingerprint density at radius 3 is 2.50 bits per heavy atom. The van der Waals surface area contributed by atoms with Crippen LogP contribution in [0, 0.1) is 13.8 Å². The molecule has 82 valence electrons. The van der Waals surface area contributed by atoms with Gasteiger partial charge in [-0.3, -0.25) is 0 Å². The molecule has 2 aromatic heterocycles. The molecule has 0 saturated carbocycles. The third-order valence-electron chi connectivity index (χ3n) is 1.87. The standard InChI is InChI=1S/C11H10ClN3S/c1-7-6-8(2)15-11(14-7)16-10-9(12)4-3-5-13-10/h3-6H,1-2H3. The molecule has 16 heavy (non-hydrogen) atoms. The van der Waals surface area contributed by atoms with Gasteiger partial charge in [-0.2, -0.15) is 0 Å². The van der Waals surface area contributed by atoms with Crippen molar-refractivity contribution in [3.05, 3.63) is 40.8 Å². The number of rotatable bonds is 2. The second-order valence-electron chi connectivity index (χ2n) is 3.33. The first-order valence-electron chi connectivity index (χ1n) is 4.76. The summed E-state index contributed by atoms with van der Waals surface area (Å²) in [6, 6.07) is 5.54. The number of pyridine rings is 1. The van der Waals surface area contributed by atoms with Gasteiger partial charge in [-0.1, -0.05) is 11.6 Å². The zero-order valence-electron chi connectivity index (χ0n) is 8.94. The Morgan fingerprint density at radius 2 is 1.88 bits per heavy atom. The van der Waals surface area contributed by atoms with E-state index in [0.29, 0.717) is 10.2 Å². The first-order chi connectivity index (χ1) is 7.65. The fourth-order valence-corrected chi connectivity index (χ4v) is 2.34. The summed E-state index contributed by atoms with van der Waals surface area (Å²) in [7, 11) is 0. The number of aromatic nitrogens is 3. The van der Waals surface area contributed by atoms with Gasteiger partial charge in [-0.05, 0) is 43.8 Å². The van der Waals surface area contributed by atoms with Crippen LogP contribution >= 0.6 is 23.4 Å². The van der Waals surface area contributed by atoms with E-state index in [4.69, 9.17) is 11.6 Å². The van der Waals surface area contributed by atoms with Crippen molar-refractivity contribution in [3.8, 4) is 0 Å². The van der Waals surface area contributed by atoms with Gasteiger partial charge in [-0.25, -0.2) is 15.0 Å². The number of halogens is 1. The molecule has 2 heterocycles. The predicted molar refractivity (Wildman–Crippen MR) is 64.9 cm³/mol. The Kier molecular flexibility index (Phi) is 3.41. The monoisotopic (exact) mass is 251 g/mol. The average molecular weight is 252 g/mol. The van der Waals surface area contributed by atoms with E-state index >= 15 is 0 Å². The molecule has 0 aliphatic carbocycles. The van der Waals surface area contributed by atoms with E-state index in [-0.39, 0.29) is 0 Å². The minimum absolute atomic E-state index is 0.621. The zero-order valence-corrected chi connectivity index (χ0v) is 10.5. The number of hydrogen-bond acceptors (Lipinski definition) is 4. The lowest BCUT2D eigenvalue weighted by molar-refractivity contribution is 0.899. The second kappa shape index (κ2) is 4.80. The Labute approximate surface area is 103 Å². The smallest absolute Gasteiger partial charge is 0.194 e. The van der Waals surface area contributed by atoms with E-state index in [1.54, 1.807) is 18.3 Å². The Bertz CT molecular complexity index is 496. The van der Waals surface area contributed by atoms with Crippen LogP contribution in [0.2, 0.25) is 5.02 Å². The SMILES string of the molecule is Cc1cc(C)nc(Sc2ncccc2Cl)n1. The summed E-state index contributed by atoms with van der Waals surface area (Å²) in [5.74, 6) is 0. The van der Waals surface area contributed by atoms with Crippen LogP contribution in [0.25, 0.3) is 0 Å². The van der Waals surface area contributed by atoms with Gasteiger partial charge in [0.15, 0.2) is 5.16 Å². The van der Waals surface area contributed by atoms with Gasteiger partial charge in [-0.15, -0.1) is 0 Å². The molecule has 0 unspecified atom stereocenters. The molecule has 0 radical (unpaired) electrons. The number of aryl methyl sites for hydroxylation is 2. The quantitative estimate of drug-likeness (QED) is 0.768. The van der Waals surface area contributed by atoms with Crippen LogP contribution in [0.3, 0.4) is 0 Å². The molecule has 0 fully saturated rings. The van der Waals surface area contributed by atoms with E-state index in [1.165, 1.54) is 11.8 Å². The van der Waals surface area contributed by atoms with Gasteiger partial charge >= 0.3 is 0 Å². The van der Waals surface area contributed by atoms with Crippen molar-refractivity contribution >= 4 is 23.4 Å². The van der Waals surface area contributed by atoms with Crippen LogP contribution < -0.4 is 0 Å². The van der Waals surface area contributed by atoms with Gasteiger partial charge in [0.2, 0.25) is 0 Å². The van der Waals surface area contributed by atoms with Gasteiger partial charge in [0, 0.05) is 17.6 Å². The van der Waals surface area contributed by atoms with E-state index in [0.717, 1.165) is 16.4 Å². The fraction of sp³-hybridized carbons (Fsp3) is 0.182. The Morgan fingerprint density at radius 1 is 1.19 bits per heavy atom. The van der Waals surface area contributed by atoms with Gasteiger partial charge < -0.3 is 0 Å². The third-order valence-corrected chi connectivity index (χ3v) is 3.18. The highest BCUT2D eigenvalue weighted by Gasteiger charge is 2.06. The zero-order chi connectivity index (χ0) is 11.5. The lowest BCUT2D eigenvalue weighted by Gasteiger charge is -2.03. The molecule has 0 amide bonds. The molecule has 0 aromatic carbocycles. The summed E-state index contributed by atoms with van der Waals surface area (Å²) in [5.41, 5.74) is 1.89. The lowest BCUT2D eigenvalue weighted by atomic mass is 10.4. The highest BCUT2D eigenvalue weighted by Crippen LogP contribution is 2.28. The summed E-state index contributed by atoms with van der Waals surface area (Å²) >= 11 is 7.39. The molecule has 0 saturated heterocycles. The molecule has 2 rings (SSSR count). The van der Waals surface area contributed by atoms with Crippen molar-refractivity contribution in [1.29, 1.82) is 0 Å². The van der Waals surface area contributed by atoms with Gasteiger partial charge in [0.25, 0.3) is 0 Å². The van der Waals surface area contributed by atoms with Crippen molar-refractivity contribution in [1.82, 2.24) is 15.0 Å². The maximum absolute atomic E-state index is 6.01. The molecule has 0 aliphatic rings. The molecule has 5 heteroatoms. The summed E-state index contributed by atoms with van der Waals surface area (Å²) in [6.07, 6.45) is 1.71. The van der Waals surface area contributed by atoms with E-state index < -0.39 is 0 Å². The summed E-state index contributed by atoms with van der Waals surface area (Å²) < 4.78 is 0. The molecule has 0 aliphatic heterocycles. The molecule has 0 atom stereocenters. The highest BCUT2D eigenvalue weighted by molar-refractivity contribution is 7.99. The summed E-state index contributed by atoms with van der Waals surface area (Å²) in [4.78, 5) is 12.8. The molecule has 0 spiro atoms. The second-order valence-corrected chi connectivity index (χ2v) is 4.69. The van der Waals surface area contributed by atoms with Gasteiger partial charge in [0.05, 0.1) is 5.02 Å². The summed E-state index contributed by atoms with van der Waals surface area (Å²) in [6.45, 7) is 3.89.